The Hall–Kier alpha value is -1.93. The van der Waals surface area contributed by atoms with E-state index in [2.05, 4.69) is 10.6 Å². The van der Waals surface area contributed by atoms with Gasteiger partial charge in [-0.05, 0) is 38.1 Å². The first-order chi connectivity index (χ1) is 8.61. The van der Waals surface area contributed by atoms with E-state index in [0.29, 0.717) is 5.69 Å². The third-order valence-corrected chi connectivity index (χ3v) is 3.22. The Balaban J connectivity index is 2.14. The van der Waals surface area contributed by atoms with Crippen LogP contribution in [0.25, 0.3) is 0 Å². The van der Waals surface area contributed by atoms with Crippen LogP contribution in [-0.4, -0.2) is 18.5 Å². The number of carbonyl (C=O) groups is 1. The van der Waals surface area contributed by atoms with Crippen LogP contribution in [0.1, 0.15) is 18.9 Å². The number of hydrogen-bond donors (Lipinski definition) is 2. The molecule has 1 saturated heterocycles. The van der Waals surface area contributed by atoms with Crippen molar-refractivity contribution in [3.05, 3.63) is 29.6 Å². The van der Waals surface area contributed by atoms with E-state index in [1.165, 1.54) is 12.1 Å². The number of nitriles is 1. The van der Waals surface area contributed by atoms with Crippen LogP contribution in [0.15, 0.2) is 18.2 Å². The summed E-state index contributed by atoms with van der Waals surface area (Å²) < 4.78 is 13.0. The quantitative estimate of drug-likeness (QED) is 0.834. The summed E-state index contributed by atoms with van der Waals surface area (Å²) in [5.41, 5.74) is 0.505. The van der Waals surface area contributed by atoms with E-state index < -0.39 is 5.82 Å². The number of benzene rings is 1. The van der Waals surface area contributed by atoms with Gasteiger partial charge in [-0.25, -0.2) is 4.39 Å². The number of nitrogens with zero attached hydrogens (tertiary/aromatic N) is 1. The molecule has 18 heavy (non-hydrogen) atoms. The zero-order valence-electron chi connectivity index (χ0n) is 10.0. The summed E-state index contributed by atoms with van der Waals surface area (Å²) >= 11 is 0. The minimum atomic E-state index is -0.486. The van der Waals surface area contributed by atoms with E-state index >= 15 is 0 Å². The molecule has 4 nitrogen and oxygen atoms in total. The van der Waals surface area contributed by atoms with Crippen LogP contribution in [0.2, 0.25) is 0 Å². The number of hydrogen-bond acceptors (Lipinski definition) is 3. The van der Waals surface area contributed by atoms with E-state index in [9.17, 15) is 9.18 Å². The molecule has 1 aromatic carbocycles. The second kappa shape index (κ2) is 5.15. The maximum atomic E-state index is 13.0. The molecular weight excluding hydrogens is 233 g/mol. The first kappa shape index (κ1) is 12.5. The van der Waals surface area contributed by atoms with Gasteiger partial charge in [0.05, 0.1) is 17.2 Å². The lowest BCUT2D eigenvalue weighted by molar-refractivity contribution is -0.120. The first-order valence-electron chi connectivity index (χ1n) is 5.85. The maximum Gasteiger partial charge on any atom is 0.229 e. The minimum absolute atomic E-state index is 0.110. The highest BCUT2D eigenvalue weighted by Crippen LogP contribution is 2.20. The SMILES string of the molecule is CC1NCCC1C(=O)Nc1ccc(F)cc1C#N. The zero-order chi connectivity index (χ0) is 13.1. The van der Waals surface area contributed by atoms with Crippen LogP contribution < -0.4 is 10.6 Å². The van der Waals surface area contributed by atoms with Gasteiger partial charge in [0.1, 0.15) is 11.9 Å². The average molecular weight is 247 g/mol. The Kier molecular flexibility index (Phi) is 3.58. The van der Waals surface area contributed by atoms with E-state index in [-0.39, 0.29) is 23.4 Å². The molecule has 1 aliphatic heterocycles. The van der Waals surface area contributed by atoms with Gasteiger partial charge < -0.3 is 10.6 Å². The lowest BCUT2D eigenvalue weighted by atomic mass is 10.0. The highest BCUT2D eigenvalue weighted by molar-refractivity contribution is 5.94. The standard InChI is InChI=1S/C13H14FN3O/c1-8-11(4-5-16-8)13(18)17-12-3-2-10(14)6-9(12)7-15/h2-3,6,8,11,16H,4-5H2,1H3,(H,17,18). The van der Waals surface area contributed by atoms with Crippen molar-refractivity contribution in [3.63, 3.8) is 0 Å². The normalized spacial score (nSPS) is 22.5. The zero-order valence-corrected chi connectivity index (χ0v) is 10.0. The van der Waals surface area contributed by atoms with Crippen molar-refractivity contribution in [1.82, 2.24) is 5.32 Å². The molecule has 1 fully saturated rings. The fourth-order valence-electron chi connectivity index (χ4n) is 2.16. The third kappa shape index (κ3) is 2.49. The van der Waals surface area contributed by atoms with Crippen LogP contribution in [0, 0.1) is 23.1 Å². The summed E-state index contributed by atoms with van der Waals surface area (Å²) in [7, 11) is 0. The molecule has 0 spiro atoms. The highest BCUT2D eigenvalue weighted by Gasteiger charge is 2.29. The Morgan fingerprint density at radius 3 is 3.00 bits per heavy atom. The molecule has 1 heterocycles. The van der Waals surface area contributed by atoms with Crippen LogP contribution in [-0.2, 0) is 4.79 Å². The summed E-state index contributed by atoms with van der Waals surface area (Å²) in [5, 5.41) is 14.8. The second-order valence-corrected chi connectivity index (χ2v) is 4.43. The van der Waals surface area contributed by atoms with Crippen molar-refractivity contribution in [2.24, 2.45) is 5.92 Å². The molecule has 0 aromatic heterocycles. The van der Waals surface area contributed by atoms with E-state index in [0.717, 1.165) is 19.0 Å². The van der Waals surface area contributed by atoms with Gasteiger partial charge in [0.2, 0.25) is 5.91 Å². The van der Waals surface area contributed by atoms with Crippen molar-refractivity contribution in [2.45, 2.75) is 19.4 Å². The summed E-state index contributed by atoms with van der Waals surface area (Å²) in [6.45, 7) is 2.76. The predicted octanol–water partition coefficient (Wildman–Crippen LogP) is 1.63. The molecule has 94 valence electrons. The molecule has 2 atom stereocenters. The number of nitrogens with one attached hydrogen (secondary N) is 2. The monoisotopic (exact) mass is 247 g/mol. The molecule has 0 bridgehead atoms. The van der Waals surface area contributed by atoms with Crippen LogP contribution in [0.4, 0.5) is 10.1 Å². The third-order valence-electron chi connectivity index (χ3n) is 3.22. The Morgan fingerprint density at radius 1 is 1.61 bits per heavy atom. The van der Waals surface area contributed by atoms with Crippen molar-refractivity contribution in [3.8, 4) is 6.07 Å². The average Bonchev–Trinajstić information content (AvgIpc) is 2.77. The number of anilines is 1. The summed E-state index contributed by atoms with van der Waals surface area (Å²) in [6.07, 6.45) is 0.774. The summed E-state index contributed by atoms with van der Waals surface area (Å²) in [6, 6.07) is 5.76. The molecule has 2 N–H and O–H groups in total. The van der Waals surface area contributed by atoms with Gasteiger partial charge in [-0.1, -0.05) is 0 Å². The minimum Gasteiger partial charge on any atom is -0.325 e. The molecule has 1 aromatic rings. The molecule has 5 heteroatoms. The largest absolute Gasteiger partial charge is 0.325 e. The van der Waals surface area contributed by atoms with E-state index in [1.54, 1.807) is 0 Å². The number of carbonyl (C=O) groups excluding carboxylic acids is 1. The van der Waals surface area contributed by atoms with Crippen molar-refractivity contribution >= 4 is 11.6 Å². The fraction of sp³-hybridized carbons (Fsp3) is 0.385. The van der Waals surface area contributed by atoms with E-state index in [1.807, 2.05) is 13.0 Å². The molecule has 1 aliphatic rings. The topological polar surface area (TPSA) is 64.9 Å². The van der Waals surface area contributed by atoms with Crippen molar-refractivity contribution in [1.29, 1.82) is 5.26 Å². The Morgan fingerprint density at radius 2 is 2.39 bits per heavy atom. The Labute approximate surface area is 105 Å². The number of rotatable bonds is 2. The Bertz CT molecular complexity index is 509. The van der Waals surface area contributed by atoms with Gasteiger partial charge in [0.25, 0.3) is 0 Å². The van der Waals surface area contributed by atoms with Gasteiger partial charge in [0.15, 0.2) is 0 Å². The van der Waals surface area contributed by atoms with Gasteiger partial charge in [0, 0.05) is 6.04 Å². The highest BCUT2D eigenvalue weighted by atomic mass is 19.1. The van der Waals surface area contributed by atoms with Crippen molar-refractivity contribution < 1.29 is 9.18 Å². The molecule has 1 amide bonds. The lowest BCUT2D eigenvalue weighted by Gasteiger charge is -2.15. The summed E-state index contributed by atoms with van der Waals surface area (Å²) in [4.78, 5) is 12.0. The molecule has 0 aliphatic carbocycles. The predicted molar refractivity (Wildman–Crippen MR) is 65.3 cm³/mol. The fourth-order valence-corrected chi connectivity index (χ4v) is 2.16. The first-order valence-corrected chi connectivity index (χ1v) is 5.85. The molecule has 2 rings (SSSR count). The maximum absolute atomic E-state index is 13.0. The smallest absolute Gasteiger partial charge is 0.229 e. The van der Waals surface area contributed by atoms with Gasteiger partial charge in [-0.3, -0.25) is 4.79 Å². The van der Waals surface area contributed by atoms with E-state index in [4.69, 9.17) is 5.26 Å². The summed E-state index contributed by atoms with van der Waals surface area (Å²) in [5.74, 6) is -0.724. The molecule has 0 radical (unpaired) electrons. The lowest BCUT2D eigenvalue weighted by Crippen LogP contribution is -2.32. The second-order valence-electron chi connectivity index (χ2n) is 4.43. The van der Waals surface area contributed by atoms with Crippen LogP contribution >= 0.6 is 0 Å². The van der Waals surface area contributed by atoms with Crippen molar-refractivity contribution in [2.75, 3.05) is 11.9 Å². The molecular formula is C13H14FN3O. The van der Waals surface area contributed by atoms with Gasteiger partial charge in [-0.2, -0.15) is 5.26 Å². The number of amides is 1. The molecule has 2 unspecified atom stereocenters. The van der Waals surface area contributed by atoms with Gasteiger partial charge in [-0.15, -0.1) is 0 Å². The number of halogens is 1. The van der Waals surface area contributed by atoms with Crippen LogP contribution in [0.3, 0.4) is 0 Å². The molecule has 0 saturated carbocycles. The van der Waals surface area contributed by atoms with Gasteiger partial charge >= 0.3 is 0 Å². The van der Waals surface area contributed by atoms with Crippen LogP contribution in [0.5, 0.6) is 0 Å².